The number of aliphatic imine (C=N–C) groups is 1. The van der Waals surface area contributed by atoms with E-state index >= 15 is 0 Å². The van der Waals surface area contributed by atoms with Crippen LogP contribution in [0.4, 0.5) is 13.2 Å². The molecule has 3 nitrogen and oxygen atoms in total. The second-order valence-electron chi connectivity index (χ2n) is 5.86. The van der Waals surface area contributed by atoms with E-state index in [1.807, 2.05) is 0 Å². The maximum absolute atomic E-state index is 12.5. The summed E-state index contributed by atoms with van der Waals surface area (Å²) in [4.78, 5) is 4.62. The molecule has 0 bridgehead atoms. The van der Waals surface area contributed by atoms with Gasteiger partial charge in [0.1, 0.15) is 6.61 Å². The first-order valence-electron chi connectivity index (χ1n) is 7.60. The molecule has 0 aromatic heterocycles. The molecule has 1 aromatic carbocycles. The molecule has 0 aliphatic carbocycles. The first kappa shape index (κ1) is 15.3. The van der Waals surface area contributed by atoms with Gasteiger partial charge in [0.15, 0.2) is 5.90 Å². The maximum atomic E-state index is 12.5. The van der Waals surface area contributed by atoms with Crippen LogP contribution in [0.2, 0.25) is 0 Å². The van der Waals surface area contributed by atoms with Gasteiger partial charge in [0.2, 0.25) is 0 Å². The smallest absolute Gasteiger partial charge is 0.416 e. The first-order chi connectivity index (χ1) is 10.5. The summed E-state index contributed by atoms with van der Waals surface area (Å²) in [6.45, 7) is 2.49. The van der Waals surface area contributed by atoms with Gasteiger partial charge < -0.3 is 10.1 Å². The SMILES string of the molecule is FC(F)(F)c1ccc(CC2COC(C3CCNCC3)=N2)cc1. The van der Waals surface area contributed by atoms with E-state index in [4.69, 9.17) is 4.74 Å². The quantitative estimate of drug-likeness (QED) is 0.931. The number of ether oxygens (including phenoxy) is 1. The van der Waals surface area contributed by atoms with Crippen molar-refractivity contribution in [1.82, 2.24) is 5.32 Å². The number of rotatable bonds is 3. The minimum absolute atomic E-state index is 0.0154. The van der Waals surface area contributed by atoms with Crippen molar-refractivity contribution in [1.29, 1.82) is 0 Å². The number of nitrogens with one attached hydrogen (secondary N) is 1. The summed E-state index contributed by atoms with van der Waals surface area (Å²) >= 11 is 0. The molecule has 6 heteroatoms. The van der Waals surface area contributed by atoms with Crippen molar-refractivity contribution in [2.75, 3.05) is 19.7 Å². The molecule has 0 radical (unpaired) electrons. The number of benzene rings is 1. The van der Waals surface area contributed by atoms with Gasteiger partial charge in [-0.1, -0.05) is 12.1 Å². The zero-order valence-electron chi connectivity index (χ0n) is 12.2. The standard InChI is InChI=1S/C16H19F3N2O/c17-16(18,19)13-3-1-11(2-4-13)9-14-10-22-15(21-14)12-5-7-20-8-6-12/h1-4,12,14,20H,5-10H2. The Morgan fingerprint density at radius 1 is 1.14 bits per heavy atom. The van der Waals surface area contributed by atoms with Crippen molar-refractivity contribution in [2.24, 2.45) is 10.9 Å². The number of hydrogen-bond donors (Lipinski definition) is 1. The van der Waals surface area contributed by atoms with Gasteiger partial charge in [0.05, 0.1) is 11.6 Å². The summed E-state index contributed by atoms with van der Waals surface area (Å²) in [7, 11) is 0. The molecule has 1 N–H and O–H groups in total. The molecule has 0 spiro atoms. The molecule has 2 aliphatic heterocycles. The largest absolute Gasteiger partial charge is 0.478 e. The van der Waals surface area contributed by atoms with Gasteiger partial charge in [-0.25, -0.2) is 4.99 Å². The second-order valence-corrected chi connectivity index (χ2v) is 5.86. The lowest BCUT2D eigenvalue weighted by Crippen LogP contribution is -2.31. The van der Waals surface area contributed by atoms with E-state index < -0.39 is 11.7 Å². The van der Waals surface area contributed by atoms with Gasteiger partial charge >= 0.3 is 6.18 Å². The predicted octanol–water partition coefficient (Wildman–Crippen LogP) is 3.04. The maximum Gasteiger partial charge on any atom is 0.416 e. The Morgan fingerprint density at radius 3 is 2.45 bits per heavy atom. The highest BCUT2D eigenvalue weighted by Gasteiger charge is 2.30. The molecule has 120 valence electrons. The minimum Gasteiger partial charge on any atom is -0.478 e. The van der Waals surface area contributed by atoms with Crippen molar-refractivity contribution >= 4 is 5.90 Å². The third-order valence-electron chi connectivity index (χ3n) is 4.17. The van der Waals surface area contributed by atoms with E-state index in [-0.39, 0.29) is 6.04 Å². The van der Waals surface area contributed by atoms with Crippen LogP contribution in [0.15, 0.2) is 29.3 Å². The van der Waals surface area contributed by atoms with Crippen molar-refractivity contribution in [3.63, 3.8) is 0 Å². The minimum atomic E-state index is -4.28. The number of hydrogen-bond acceptors (Lipinski definition) is 3. The van der Waals surface area contributed by atoms with E-state index in [0.29, 0.717) is 18.9 Å². The highest BCUT2D eigenvalue weighted by molar-refractivity contribution is 5.80. The molecular formula is C16H19F3N2O. The molecule has 3 rings (SSSR count). The topological polar surface area (TPSA) is 33.6 Å². The summed E-state index contributed by atoms with van der Waals surface area (Å²) in [5.74, 6) is 1.22. The molecule has 1 atom stereocenters. The number of piperidine rings is 1. The Hall–Kier alpha value is -1.56. The van der Waals surface area contributed by atoms with E-state index in [0.717, 1.165) is 49.5 Å². The van der Waals surface area contributed by atoms with Crippen LogP contribution in [0.1, 0.15) is 24.0 Å². The number of nitrogens with zero attached hydrogens (tertiary/aromatic N) is 1. The molecule has 2 aliphatic rings. The zero-order chi connectivity index (χ0) is 15.6. The molecule has 2 heterocycles. The molecular weight excluding hydrogens is 293 g/mol. The van der Waals surface area contributed by atoms with Crippen molar-refractivity contribution < 1.29 is 17.9 Å². The number of alkyl halides is 3. The van der Waals surface area contributed by atoms with Crippen LogP contribution in [0, 0.1) is 5.92 Å². The van der Waals surface area contributed by atoms with Crippen LogP contribution in [0.25, 0.3) is 0 Å². The summed E-state index contributed by atoms with van der Waals surface area (Å²) in [6.07, 6.45) is -1.60. The van der Waals surface area contributed by atoms with Crippen LogP contribution in [-0.4, -0.2) is 31.6 Å². The Labute approximate surface area is 127 Å². The summed E-state index contributed by atoms with van der Waals surface area (Å²) < 4.78 is 43.3. The van der Waals surface area contributed by atoms with Crippen molar-refractivity contribution in [3.8, 4) is 0 Å². The second kappa shape index (κ2) is 6.28. The predicted molar refractivity (Wildman–Crippen MR) is 77.9 cm³/mol. The van der Waals surface area contributed by atoms with Crippen LogP contribution < -0.4 is 5.32 Å². The van der Waals surface area contributed by atoms with Gasteiger partial charge in [-0.3, -0.25) is 0 Å². The summed E-state index contributed by atoms with van der Waals surface area (Å²) in [6, 6.07) is 5.33. The van der Waals surface area contributed by atoms with Crippen molar-refractivity contribution in [3.05, 3.63) is 35.4 Å². The fourth-order valence-electron chi connectivity index (χ4n) is 2.93. The van der Waals surface area contributed by atoms with Crippen LogP contribution in [0.5, 0.6) is 0 Å². The molecule has 0 amide bonds. The van der Waals surface area contributed by atoms with Gasteiger partial charge in [-0.2, -0.15) is 13.2 Å². The van der Waals surface area contributed by atoms with Gasteiger partial charge in [0, 0.05) is 5.92 Å². The molecule has 22 heavy (non-hydrogen) atoms. The summed E-state index contributed by atoms with van der Waals surface area (Å²) in [5.41, 5.74) is 0.245. The lowest BCUT2D eigenvalue weighted by atomic mass is 9.98. The van der Waals surface area contributed by atoms with Gasteiger partial charge in [-0.15, -0.1) is 0 Å². The highest BCUT2D eigenvalue weighted by atomic mass is 19.4. The molecule has 1 saturated heterocycles. The highest BCUT2D eigenvalue weighted by Crippen LogP contribution is 2.29. The molecule has 1 fully saturated rings. The number of halogens is 3. The average Bonchev–Trinajstić information content (AvgIpc) is 2.96. The van der Waals surface area contributed by atoms with Gasteiger partial charge in [-0.05, 0) is 50.0 Å². The lowest BCUT2D eigenvalue weighted by Gasteiger charge is -2.21. The Bertz CT molecular complexity index is 533. The van der Waals surface area contributed by atoms with Gasteiger partial charge in [0.25, 0.3) is 0 Å². The molecule has 1 unspecified atom stereocenters. The van der Waals surface area contributed by atoms with Crippen LogP contribution in [-0.2, 0) is 17.3 Å². The van der Waals surface area contributed by atoms with Crippen LogP contribution in [0.3, 0.4) is 0 Å². The Morgan fingerprint density at radius 2 is 1.82 bits per heavy atom. The normalized spacial score (nSPS) is 23.2. The fraction of sp³-hybridized carbons (Fsp3) is 0.562. The summed E-state index contributed by atoms with van der Waals surface area (Å²) in [5, 5.41) is 3.30. The third-order valence-corrected chi connectivity index (χ3v) is 4.17. The fourth-order valence-corrected chi connectivity index (χ4v) is 2.93. The van der Waals surface area contributed by atoms with Crippen molar-refractivity contribution in [2.45, 2.75) is 31.5 Å². The first-order valence-corrected chi connectivity index (χ1v) is 7.60. The molecule has 0 saturated carbocycles. The van der Waals surface area contributed by atoms with Crippen LogP contribution >= 0.6 is 0 Å². The molecule has 1 aromatic rings. The Balaban J connectivity index is 1.60. The average molecular weight is 312 g/mol. The van der Waals surface area contributed by atoms with E-state index in [9.17, 15) is 13.2 Å². The lowest BCUT2D eigenvalue weighted by molar-refractivity contribution is -0.137. The van der Waals surface area contributed by atoms with E-state index in [1.54, 1.807) is 0 Å². The monoisotopic (exact) mass is 312 g/mol. The van der Waals surface area contributed by atoms with E-state index in [2.05, 4.69) is 10.3 Å². The Kier molecular flexibility index (Phi) is 4.38. The third kappa shape index (κ3) is 3.61. The zero-order valence-corrected chi connectivity index (χ0v) is 12.2. The van der Waals surface area contributed by atoms with E-state index in [1.165, 1.54) is 12.1 Å².